The molecule has 1 aromatic carbocycles. The molecule has 0 aliphatic carbocycles. The van der Waals surface area contributed by atoms with Gasteiger partial charge in [0.15, 0.2) is 0 Å². The molecule has 1 amide bonds. The first-order valence-electron chi connectivity index (χ1n) is 5.06. The summed E-state index contributed by atoms with van der Waals surface area (Å²) in [4.78, 5) is 11.8. The van der Waals surface area contributed by atoms with Crippen molar-refractivity contribution in [2.75, 3.05) is 0 Å². The SMILES string of the molecule is C[C@@H](NC(=O)C(C)(C)Br)c1cccc(Br)c1. The number of rotatable bonds is 3. The summed E-state index contributed by atoms with van der Waals surface area (Å²) >= 11 is 6.75. The fourth-order valence-corrected chi connectivity index (χ4v) is 1.76. The van der Waals surface area contributed by atoms with Crippen molar-refractivity contribution in [1.29, 1.82) is 0 Å². The number of benzene rings is 1. The lowest BCUT2D eigenvalue weighted by molar-refractivity contribution is -0.123. The van der Waals surface area contributed by atoms with Crippen LogP contribution in [0.25, 0.3) is 0 Å². The second kappa shape index (κ2) is 5.32. The predicted molar refractivity (Wildman–Crippen MR) is 73.7 cm³/mol. The van der Waals surface area contributed by atoms with Gasteiger partial charge in [-0.25, -0.2) is 0 Å². The van der Waals surface area contributed by atoms with Gasteiger partial charge in [-0.05, 0) is 38.5 Å². The largest absolute Gasteiger partial charge is 0.348 e. The smallest absolute Gasteiger partial charge is 0.236 e. The van der Waals surface area contributed by atoms with E-state index in [1.165, 1.54) is 0 Å². The lowest BCUT2D eigenvalue weighted by atomic mass is 10.1. The Labute approximate surface area is 113 Å². The van der Waals surface area contributed by atoms with Crippen LogP contribution in [0.2, 0.25) is 0 Å². The molecular weight excluding hydrogens is 334 g/mol. The van der Waals surface area contributed by atoms with Crippen molar-refractivity contribution in [1.82, 2.24) is 5.32 Å². The molecule has 1 rings (SSSR count). The van der Waals surface area contributed by atoms with E-state index in [4.69, 9.17) is 0 Å². The molecule has 1 aromatic rings. The summed E-state index contributed by atoms with van der Waals surface area (Å²) in [5, 5.41) is 2.96. The van der Waals surface area contributed by atoms with Gasteiger partial charge in [0.05, 0.1) is 10.4 Å². The van der Waals surface area contributed by atoms with Gasteiger partial charge in [0, 0.05) is 4.47 Å². The van der Waals surface area contributed by atoms with Gasteiger partial charge in [-0.15, -0.1) is 0 Å². The van der Waals surface area contributed by atoms with E-state index in [-0.39, 0.29) is 11.9 Å². The Morgan fingerprint density at radius 2 is 2.06 bits per heavy atom. The van der Waals surface area contributed by atoms with Gasteiger partial charge in [0.25, 0.3) is 0 Å². The summed E-state index contributed by atoms with van der Waals surface area (Å²) in [7, 11) is 0. The number of nitrogens with one attached hydrogen (secondary N) is 1. The summed E-state index contributed by atoms with van der Waals surface area (Å²) in [5.41, 5.74) is 1.08. The number of carbonyl (C=O) groups is 1. The molecule has 16 heavy (non-hydrogen) atoms. The number of halogens is 2. The number of amides is 1. The van der Waals surface area contributed by atoms with E-state index in [1.807, 2.05) is 45.0 Å². The Morgan fingerprint density at radius 1 is 1.44 bits per heavy atom. The van der Waals surface area contributed by atoms with E-state index in [2.05, 4.69) is 37.2 Å². The van der Waals surface area contributed by atoms with Crippen molar-refractivity contribution in [3.63, 3.8) is 0 Å². The van der Waals surface area contributed by atoms with Crippen LogP contribution in [-0.4, -0.2) is 10.2 Å². The molecule has 0 aromatic heterocycles. The molecule has 88 valence electrons. The highest BCUT2D eigenvalue weighted by Crippen LogP contribution is 2.21. The third kappa shape index (κ3) is 3.91. The Hall–Kier alpha value is -0.350. The van der Waals surface area contributed by atoms with Gasteiger partial charge in [-0.3, -0.25) is 4.79 Å². The molecule has 0 heterocycles. The molecule has 0 bridgehead atoms. The van der Waals surface area contributed by atoms with Crippen LogP contribution >= 0.6 is 31.9 Å². The molecule has 1 N–H and O–H groups in total. The van der Waals surface area contributed by atoms with Crippen LogP contribution in [0.1, 0.15) is 32.4 Å². The van der Waals surface area contributed by atoms with Crippen LogP contribution in [0.3, 0.4) is 0 Å². The molecule has 0 unspecified atom stereocenters. The van der Waals surface area contributed by atoms with Crippen molar-refractivity contribution < 1.29 is 4.79 Å². The van der Waals surface area contributed by atoms with Crippen LogP contribution < -0.4 is 5.32 Å². The van der Waals surface area contributed by atoms with Crippen molar-refractivity contribution in [3.8, 4) is 0 Å². The molecule has 1 atom stereocenters. The quantitative estimate of drug-likeness (QED) is 0.827. The normalized spacial score (nSPS) is 13.3. The molecule has 0 fully saturated rings. The zero-order chi connectivity index (χ0) is 12.3. The van der Waals surface area contributed by atoms with Crippen LogP contribution in [0, 0.1) is 0 Å². The lowest BCUT2D eigenvalue weighted by Crippen LogP contribution is -2.38. The average molecular weight is 349 g/mol. The van der Waals surface area contributed by atoms with E-state index in [0.29, 0.717) is 0 Å². The predicted octanol–water partition coefficient (Wildman–Crippen LogP) is 3.80. The Balaban J connectivity index is 2.73. The molecule has 0 saturated carbocycles. The van der Waals surface area contributed by atoms with Crippen LogP contribution in [-0.2, 0) is 4.79 Å². The highest BCUT2D eigenvalue weighted by atomic mass is 79.9. The third-order valence-electron chi connectivity index (χ3n) is 2.24. The summed E-state index contributed by atoms with van der Waals surface area (Å²) < 4.78 is 0.483. The molecule has 0 aliphatic rings. The molecule has 0 spiro atoms. The van der Waals surface area contributed by atoms with Gasteiger partial charge >= 0.3 is 0 Å². The fourth-order valence-electron chi connectivity index (χ4n) is 1.23. The topological polar surface area (TPSA) is 29.1 Å². The first-order chi connectivity index (χ1) is 7.30. The zero-order valence-electron chi connectivity index (χ0n) is 9.55. The molecule has 0 saturated heterocycles. The summed E-state index contributed by atoms with van der Waals surface area (Å²) in [6.45, 7) is 5.63. The Bertz CT molecular complexity index is 385. The molecule has 4 heteroatoms. The third-order valence-corrected chi connectivity index (χ3v) is 3.09. The molecule has 0 radical (unpaired) electrons. The summed E-state index contributed by atoms with van der Waals surface area (Å²) in [5.74, 6) is -0.0139. The Morgan fingerprint density at radius 3 is 2.56 bits per heavy atom. The van der Waals surface area contributed by atoms with Gasteiger partial charge in [0.1, 0.15) is 0 Å². The summed E-state index contributed by atoms with van der Waals surface area (Å²) in [6, 6.07) is 7.93. The number of hydrogen-bond acceptors (Lipinski definition) is 1. The first-order valence-corrected chi connectivity index (χ1v) is 6.64. The lowest BCUT2D eigenvalue weighted by Gasteiger charge is -2.20. The number of hydrogen-bond donors (Lipinski definition) is 1. The van der Waals surface area contributed by atoms with Crippen LogP contribution in [0.15, 0.2) is 28.7 Å². The second-order valence-electron chi connectivity index (χ2n) is 4.22. The first kappa shape index (κ1) is 13.7. The molecule has 0 aliphatic heterocycles. The Kier molecular flexibility index (Phi) is 4.56. The minimum absolute atomic E-state index is 0.00169. The van der Waals surface area contributed by atoms with E-state index >= 15 is 0 Å². The fraction of sp³-hybridized carbons (Fsp3) is 0.417. The van der Waals surface area contributed by atoms with Gasteiger partial charge in [-0.1, -0.05) is 44.0 Å². The standard InChI is InChI=1S/C12H15Br2NO/c1-8(15-11(16)12(2,3)14)9-5-4-6-10(13)7-9/h4-8H,1-3H3,(H,15,16)/t8-/m1/s1. The maximum Gasteiger partial charge on any atom is 0.236 e. The number of alkyl halides is 1. The maximum atomic E-state index is 11.8. The van der Waals surface area contributed by atoms with Crippen LogP contribution in [0.4, 0.5) is 0 Å². The van der Waals surface area contributed by atoms with E-state index < -0.39 is 4.32 Å². The average Bonchev–Trinajstić information content (AvgIpc) is 2.16. The maximum absolute atomic E-state index is 11.8. The van der Waals surface area contributed by atoms with Crippen molar-refractivity contribution in [2.24, 2.45) is 0 Å². The van der Waals surface area contributed by atoms with E-state index in [0.717, 1.165) is 10.0 Å². The van der Waals surface area contributed by atoms with Gasteiger partial charge in [0.2, 0.25) is 5.91 Å². The summed E-state index contributed by atoms with van der Waals surface area (Å²) in [6.07, 6.45) is 0. The number of carbonyl (C=O) groups excluding carboxylic acids is 1. The highest BCUT2D eigenvalue weighted by Gasteiger charge is 2.24. The van der Waals surface area contributed by atoms with Crippen molar-refractivity contribution in [2.45, 2.75) is 31.1 Å². The van der Waals surface area contributed by atoms with Gasteiger partial charge in [-0.2, -0.15) is 0 Å². The minimum Gasteiger partial charge on any atom is -0.348 e. The monoisotopic (exact) mass is 347 g/mol. The van der Waals surface area contributed by atoms with Gasteiger partial charge < -0.3 is 5.32 Å². The zero-order valence-corrected chi connectivity index (χ0v) is 12.7. The molecular formula is C12H15Br2NO. The highest BCUT2D eigenvalue weighted by molar-refractivity contribution is 9.10. The van der Waals surface area contributed by atoms with Crippen LogP contribution in [0.5, 0.6) is 0 Å². The molecule has 2 nitrogen and oxygen atoms in total. The van der Waals surface area contributed by atoms with E-state index in [9.17, 15) is 4.79 Å². The minimum atomic E-state index is -0.534. The van der Waals surface area contributed by atoms with E-state index in [1.54, 1.807) is 0 Å². The van der Waals surface area contributed by atoms with Crippen molar-refractivity contribution in [3.05, 3.63) is 34.3 Å². The second-order valence-corrected chi connectivity index (χ2v) is 7.12. The van der Waals surface area contributed by atoms with Crippen molar-refractivity contribution >= 4 is 37.8 Å².